The van der Waals surface area contributed by atoms with Crippen molar-refractivity contribution < 1.29 is 9.47 Å². The highest BCUT2D eigenvalue weighted by molar-refractivity contribution is 14.0. The van der Waals surface area contributed by atoms with Crippen LogP contribution in [0.4, 0.5) is 0 Å². The van der Waals surface area contributed by atoms with Gasteiger partial charge in [-0.1, -0.05) is 12.1 Å². The number of nitrogens with one attached hydrogen (secondary N) is 2. The molecule has 2 N–H and O–H groups in total. The first-order valence-electron chi connectivity index (χ1n) is 9.68. The van der Waals surface area contributed by atoms with Gasteiger partial charge < -0.3 is 20.1 Å². The highest BCUT2D eigenvalue weighted by atomic mass is 127. The van der Waals surface area contributed by atoms with Crippen LogP contribution in [-0.2, 0) is 24.9 Å². The number of nitrogens with zero attached hydrogens (tertiary/aromatic N) is 3. The molecule has 0 spiro atoms. The van der Waals surface area contributed by atoms with Gasteiger partial charge in [-0.15, -0.1) is 24.0 Å². The minimum Gasteiger partial charge on any atom is -0.491 e. The van der Waals surface area contributed by atoms with Crippen molar-refractivity contribution in [2.75, 3.05) is 26.9 Å². The van der Waals surface area contributed by atoms with Gasteiger partial charge in [0.2, 0.25) is 0 Å². The van der Waals surface area contributed by atoms with Crippen LogP contribution in [0.2, 0.25) is 0 Å². The molecular formula is C21H34IN5O2. The van der Waals surface area contributed by atoms with Crippen LogP contribution in [0, 0.1) is 20.8 Å². The molecule has 1 aromatic heterocycles. The molecule has 8 heteroatoms. The third-order valence-corrected chi connectivity index (χ3v) is 4.61. The number of aromatic nitrogens is 2. The Kier molecular flexibility index (Phi) is 11.0. The topological polar surface area (TPSA) is 72.7 Å². The average Bonchev–Trinajstić information content (AvgIpc) is 2.90. The van der Waals surface area contributed by atoms with Gasteiger partial charge in [0.05, 0.1) is 18.8 Å². The molecule has 0 aliphatic carbocycles. The molecule has 29 heavy (non-hydrogen) atoms. The number of halogens is 1. The van der Waals surface area contributed by atoms with E-state index in [2.05, 4.69) is 48.6 Å². The maximum atomic E-state index is 5.87. The second-order valence-electron chi connectivity index (χ2n) is 6.77. The van der Waals surface area contributed by atoms with Crippen LogP contribution in [0.5, 0.6) is 5.75 Å². The molecule has 0 radical (unpaired) electrons. The van der Waals surface area contributed by atoms with Gasteiger partial charge in [0.25, 0.3) is 0 Å². The van der Waals surface area contributed by atoms with Gasteiger partial charge in [-0.05, 0) is 39.3 Å². The Labute approximate surface area is 191 Å². The van der Waals surface area contributed by atoms with Gasteiger partial charge in [0.15, 0.2) is 5.96 Å². The minimum absolute atomic E-state index is 0. The molecule has 0 saturated carbocycles. The van der Waals surface area contributed by atoms with Crippen molar-refractivity contribution in [2.24, 2.45) is 12.0 Å². The maximum absolute atomic E-state index is 5.87. The van der Waals surface area contributed by atoms with Crippen molar-refractivity contribution in [3.63, 3.8) is 0 Å². The van der Waals surface area contributed by atoms with Crippen LogP contribution < -0.4 is 15.4 Å². The number of methoxy groups -OCH3 is 1. The number of aliphatic imine (C=N–C) groups is 1. The minimum atomic E-state index is 0. The number of ether oxygens (including phenoxy) is 2. The van der Waals surface area contributed by atoms with Crippen molar-refractivity contribution in [1.82, 2.24) is 20.4 Å². The largest absolute Gasteiger partial charge is 0.491 e. The first-order chi connectivity index (χ1) is 13.5. The van der Waals surface area contributed by atoms with E-state index in [9.17, 15) is 0 Å². The fourth-order valence-electron chi connectivity index (χ4n) is 2.91. The van der Waals surface area contributed by atoms with Crippen LogP contribution in [0.3, 0.4) is 0 Å². The van der Waals surface area contributed by atoms with Crippen molar-refractivity contribution in [2.45, 2.75) is 40.8 Å². The normalized spacial score (nSPS) is 11.2. The summed E-state index contributed by atoms with van der Waals surface area (Å²) in [7, 11) is 3.64. The number of rotatable bonds is 9. The molecule has 162 valence electrons. The van der Waals surface area contributed by atoms with Crippen LogP contribution in [0.1, 0.15) is 35.0 Å². The Morgan fingerprint density at radius 3 is 2.55 bits per heavy atom. The quantitative estimate of drug-likeness (QED) is 0.232. The highest BCUT2D eigenvalue weighted by Gasteiger charge is 2.10. The van der Waals surface area contributed by atoms with Crippen molar-refractivity contribution in [3.8, 4) is 5.75 Å². The van der Waals surface area contributed by atoms with Crippen molar-refractivity contribution >= 4 is 29.9 Å². The Morgan fingerprint density at radius 1 is 1.17 bits per heavy atom. The molecule has 7 nitrogen and oxygen atoms in total. The highest BCUT2D eigenvalue weighted by Crippen LogP contribution is 2.21. The van der Waals surface area contributed by atoms with E-state index >= 15 is 0 Å². The second kappa shape index (κ2) is 12.7. The van der Waals surface area contributed by atoms with E-state index in [0.717, 1.165) is 40.8 Å². The van der Waals surface area contributed by atoms with E-state index in [1.54, 1.807) is 7.11 Å². The fourth-order valence-corrected chi connectivity index (χ4v) is 2.91. The van der Waals surface area contributed by atoms with Gasteiger partial charge in [-0.2, -0.15) is 5.10 Å². The Balaban J connectivity index is 0.00000420. The third kappa shape index (κ3) is 7.50. The zero-order valence-electron chi connectivity index (χ0n) is 18.3. The van der Waals surface area contributed by atoms with Crippen LogP contribution in [0.15, 0.2) is 23.2 Å². The number of hydrogen-bond donors (Lipinski definition) is 2. The smallest absolute Gasteiger partial charge is 0.191 e. The van der Waals surface area contributed by atoms with Gasteiger partial charge in [0, 0.05) is 44.1 Å². The average molecular weight is 515 g/mol. The Bertz CT molecular complexity index is 805. The Morgan fingerprint density at radius 2 is 1.93 bits per heavy atom. The van der Waals surface area contributed by atoms with Crippen LogP contribution >= 0.6 is 24.0 Å². The molecule has 0 amide bonds. The molecule has 0 unspecified atom stereocenters. The summed E-state index contributed by atoms with van der Waals surface area (Å²) in [6, 6.07) is 6.19. The molecule has 0 bridgehead atoms. The zero-order chi connectivity index (χ0) is 20.5. The fraction of sp³-hybridized carbons (Fsp3) is 0.524. The number of hydrogen-bond acceptors (Lipinski definition) is 4. The first kappa shape index (κ1) is 25.2. The zero-order valence-corrected chi connectivity index (χ0v) is 20.7. The lowest BCUT2D eigenvalue weighted by Crippen LogP contribution is -2.37. The lowest BCUT2D eigenvalue weighted by atomic mass is 10.1. The third-order valence-electron chi connectivity index (χ3n) is 4.61. The monoisotopic (exact) mass is 515 g/mol. The van der Waals surface area contributed by atoms with Crippen LogP contribution in [0.25, 0.3) is 0 Å². The summed E-state index contributed by atoms with van der Waals surface area (Å²) in [5.41, 5.74) is 5.61. The lowest BCUT2D eigenvalue weighted by Gasteiger charge is -2.14. The number of benzene rings is 1. The summed E-state index contributed by atoms with van der Waals surface area (Å²) in [5.74, 6) is 1.63. The van der Waals surface area contributed by atoms with E-state index in [1.807, 2.05) is 24.7 Å². The second-order valence-corrected chi connectivity index (χ2v) is 6.77. The van der Waals surface area contributed by atoms with Gasteiger partial charge in [-0.3, -0.25) is 4.68 Å². The summed E-state index contributed by atoms with van der Waals surface area (Å²) in [6.07, 6.45) is 0. The van der Waals surface area contributed by atoms with Crippen LogP contribution in [-0.4, -0.2) is 42.6 Å². The molecule has 0 fully saturated rings. The number of aryl methyl sites for hydroxylation is 3. The molecular weight excluding hydrogens is 481 g/mol. The van der Waals surface area contributed by atoms with E-state index in [1.165, 1.54) is 5.56 Å². The lowest BCUT2D eigenvalue weighted by molar-refractivity contribution is 0.145. The molecule has 0 aliphatic rings. The van der Waals surface area contributed by atoms with E-state index in [0.29, 0.717) is 26.3 Å². The predicted octanol–water partition coefficient (Wildman–Crippen LogP) is 3.24. The van der Waals surface area contributed by atoms with Crippen molar-refractivity contribution in [1.29, 1.82) is 0 Å². The SMILES string of the molecule is CCNC(=NCc1ccc(C)cc1OCCOC)NCc1c(C)nn(C)c1C.I. The molecule has 0 atom stereocenters. The molecule has 2 rings (SSSR count). The summed E-state index contributed by atoms with van der Waals surface area (Å²) in [6.45, 7) is 11.3. The summed E-state index contributed by atoms with van der Waals surface area (Å²) in [4.78, 5) is 4.74. The predicted molar refractivity (Wildman–Crippen MR) is 128 cm³/mol. The summed E-state index contributed by atoms with van der Waals surface area (Å²) >= 11 is 0. The molecule has 1 aromatic carbocycles. The van der Waals surface area contributed by atoms with Gasteiger partial charge >= 0.3 is 0 Å². The van der Waals surface area contributed by atoms with Gasteiger partial charge in [0.1, 0.15) is 12.4 Å². The molecule has 1 heterocycles. The first-order valence-corrected chi connectivity index (χ1v) is 9.68. The van der Waals surface area contributed by atoms with E-state index < -0.39 is 0 Å². The van der Waals surface area contributed by atoms with E-state index in [-0.39, 0.29) is 24.0 Å². The van der Waals surface area contributed by atoms with Crippen molar-refractivity contribution in [3.05, 3.63) is 46.3 Å². The standard InChI is InChI=1S/C21H33N5O2.HI/c1-7-22-21(24-14-19-16(3)25-26(5)17(19)4)23-13-18-9-8-15(2)12-20(18)28-11-10-27-6;/h8-9,12H,7,10-11,13-14H2,1-6H3,(H2,22,23,24);1H. The maximum Gasteiger partial charge on any atom is 0.191 e. The molecule has 0 saturated heterocycles. The molecule has 2 aromatic rings. The number of guanidine groups is 1. The molecule has 0 aliphatic heterocycles. The summed E-state index contributed by atoms with van der Waals surface area (Å²) < 4.78 is 12.9. The summed E-state index contributed by atoms with van der Waals surface area (Å²) in [5, 5.41) is 11.2. The van der Waals surface area contributed by atoms with E-state index in [4.69, 9.17) is 14.5 Å². The van der Waals surface area contributed by atoms with Gasteiger partial charge in [-0.25, -0.2) is 4.99 Å². The Hall–Kier alpha value is -1.81.